The van der Waals surface area contributed by atoms with Crippen LogP contribution in [0.15, 0.2) is 24.3 Å². The van der Waals surface area contributed by atoms with E-state index in [2.05, 4.69) is 6.07 Å². The van der Waals surface area contributed by atoms with Crippen LogP contribution in [0.4, 0.5) is 0 Å². The summed E-state index contributed by atoms with van der Waals surface area (Å²) in [6, 6.07) is 7.70. The molecule has 1 aliphatic rings. The van der Waals surface area contributed by atoms with E-state index in [0.29, 0.717) is 5.75 Å². The first-order chi connectivity index (χ1) is 10.2. The number of rotatable bonds is 4. The predicted octanol–water partition coefficient (Wildman–Crippen LogP) is 3.73. The highest BCUT2D eigenvalue weighted by Gasteiger charge is 2.21. The molecule has 1 unspecified atom stereocenters. The smallest absolute Gasteiger partial charge is 0.128 e. The molecule has 1 aromatic carbocycles. The van der Waals surface area contributed by atoms with E-state index >= 15 is 0 Å². The second-order valence-electron chi connectivity index (χ2n) is 5.31. The monoisotopic (exact) mass is 304 g/mol. The number of hydrogen-bond acceptors (Lipinski definition) is 4. The highest BCUT2D eigenvalue weighted by atomic mass is 32.1. The minimum atomic E-state index is -0.638. The summed E-state index contributed by atoms with van der Waals surface area (Å²) in [5.74, 6) is 1.39. The molecule has 0 radical (unpaired) electrons. The number of hydrogen-bond donors (Lipinski definition) is 1. The van der Waals surface area contributed by atoms with Crippen molar-refractivity contribution in [1.29, 1.82) is 0 Å². The van der Waals surface area contributed by atoms with Gasteiger partial charge >= 0.3 is 0 Å². The number of aryl methyl sites for hydroxylation is 2. The molecule has 3 nitrogen and oxygen atoms in total. The zero-order valence-corrected chi connectivity index (χ0v) is 13.2. The van der Waals surface area contributed by atoms with E-state index < -0.39 is 6.10 Å². The van der Waals surface area contributed by atoms with Crippen LogP contribution < -0.4 is 9.47 Å². The molecule has 1 aliphatic carbocycles. The maximum Gasteiger partial charge on any atom is 0.128 e. The minimum Gasteiger partial charge on any atom is -0.497 e. The largest absolute Gasteiger partial charge is 0.497 e. The molecular formula is C17H20O3S. The Balaban J connectivity index is 1.94. The lowest BCUT2D eigenvalue weighted by molar-refractivity contribution is 0.218. The van der Waals surface area contributed by atoms with E-state index in [9.17, 15) is 5.11 Å². The lowest BCUT2D eigenvalue weighted by Crippen LogP contribution is -2.01. The van der Waals surface area contributed by atoms with Crippen molar-refractivity contribution in [1.82, 2.24) is 0 Å². The van der Waals surface area contributed by atoms with Crippen molar-refractivity contribution < 1.29 is 14.6 Å². The molecule has 21 heavy (non-hydrogen) atoms. The Kier molecular flexibility index (Phi) is 4.17. The zero-order valence-electron chi connectivity index (χ0n) is 12.4. The first-order valence-electron chi connectivity index (χ1n) is 7.24. The van der Waals surface area contributed by atoms with Crippen molar-refractivity contribution in [3.63, 3.8) is 0 Å². The lowest BCUT2D eigenvalue weighted by Gasteiger charge is -2.14. The van der Waals surface area contributed by atoms with Gasteiger partial charge in [-0.25, -0.2) is 0 Å². The summed E-state index contributed by atoms with van der Waals surface area (Å²) in [4.78, 5) is 2.44. The van der Waals surface area contributed by atoms with E-state index in [1.165, 1.54) is 23.3 Å². The van der Waals surface area contributed by atoms with Crippen LogP contribution in [0.1, 0.15) is 39.8 Å². The predicted molar refractivity (Wildman–Crippen MR) is 84.6 cm³/mol. The van der Waals surface area contributed by atoms with Crippen LogP contribution in [-0.2, 0) is 12.8 Å². The fourth-order valence-electron chi connectivity index (χ4n) is 2.85. The molecule has 1 aromatic heterocycles. The molecule has 0 bridgehead atoms. The van der Waals surface area contributed by atoms with E-state index in [1.807, 2.05) is 18.2 Å². The summed E-state index contributed by atoms with van der Waals surface area (Å²) in [5.41, 5.74) is 2.20. The van der Waals surface area contributed by atoms with Crippen LogP contribution in [0.5, 0.6) is 11.5 Å². The first kappa shape index (κ1) is 14.4. The topological polar surface area (TPSA) is 38.7 Å². The number of thiophene rings is 1. The normalized spacial score (nSPS) is 15.4. The molecule has 3 rings (SSSR count). The van der Waals surface area contributed by atoms with Crippen molar-refractivity contribution >= 4 is 11.3 Å². The lowest BCUT2D eigenvalue weighted by atomic mass is 9.98. The van der Waals surface area contributed by atoms with Crippen molar-refractivity contribution in [2.75, 3.05) is 14.2 Å². The number of ether oxygens (including phenoxy) is 2. The maximum atomic E-state index is 10.7. The van der Waals surface area contributed by atoms with Gasteiger partial charge in [0.2, 0.25) is 0 Å². The molecule has 0 fully saturated rings. The number of aliphatic hydroxyl groups is 1. The number of methoxy groups -OCH3 is 2. The highest BCUT2D eigenvalue weighted by molar-refractivity contribution is 7.12. The second-order valence-corrected chi connectivity index (χ2v) is 6.48. The Bertz CT molecular complexity index is 609. The van der Waals surface area contributed by atoms with E-state index in [0.717, 1.165) is 29.0 Å². The Morgan fingerprint density at radius 2 is 1.90 bits per heavy atom. The molecule has 0 saturated carbocycles. The zero-order chi connectivity index (χ0) is 14.8. The summed E-state index contributed by atoms with van der Waals surface area (Å²) < 4.78 is 10.6. The van der Waals surface area contributed by atoms with Gasteiger partial charge in [0.1, 0.15) is 17.6 Å². The van der Waals surface area contributed by atoms with Gasteiger partial charge in [-0.05, 0) is 49.4 Å². The van der Waals surface area contributed by atoms with Gasteiger partial charge in [-0.2, -0.15) is 0 Å². The van der Waals surface area contributed by atoms with Crippen molar-refractivity contribution in [2.24, 2.45) is 0 Å². The Hall–Kier alpha value is -1.52. The molecule has 1 N–H and O–H groups in total. The molecule has 0 spiro atoms. The molecule has 0 aliphatic heterocycles. The standard InChI is InChI=1S/C17H20O3S/c1-19-12-7-8-13(14(10-12)20-2)17(18)16-9-11-5-3-4-6-15(11)21-16/h7-10,17-18H,3-6H2,1-2H3. The van der Waals surface area contributed by atoms with Crippen LogP contribution in [-0.4, -0.2) is 19.3 Å². The Morgan fingerprint density at radius 1 is 1.10 bits per heavy atom. The van der Waals surface area contributed by atoms with Crippen LogP contribution >= 0.6 is 11.3 Å². The van der Waals surface area contributed by atoms with Gasteiger partial charge < -0.3 is 14.6 Å². The van der Waals surface area contributed by atoms with Gasteiger partial charge in [0.15, 0.2) is 0 Å². The summed E-state index contributed by atoms with van der Waals surface area (Å²) >= 11 is 1.73. The summed E-state index contributed by atoms with van der Waals surface area (Å²) in [5, 5.41) is 10.7. The fourth-order valence-corrected chi connectivity index (χ4v) is 4.11. The molecule has 1 atom stereocenters. The van der Waals surface area contributed by atoms with Crippen LogP contribution in [0.2, 0.25) is 0 Å². The van der Waals surface area contributed by atoms with Crippen LogP contribution in [0, 0.1) is 0 Å². The van der Waals surface area contributed by atoms with Gasteiger partial charge in [0, 0.05) is 21.4 Å². The average molecular weight is 304 g/mol. The molecule has 0 amide bonds. The van der Waals surface area contributed by atoms with Gasteiger partial charge in [-0.15, -0.1) is 11.3 Å². The van der Waals surface area contributed by atoms with Gasteiger partial charge in [-0.3, -0.25) is 0 Å². The highest BCUT2D eigenvalue weighted by Crippen LogP contribution is 2.38. The molecule has 2 aromatic rings. The van der Waals surface area contributed by atoms with Crippen molar-refractivity contribution in [2.45, 2.75) is 31.8 Å². The van der Waals surface area contributed by atoms with Crippen LogP contribution in [0.25, 0.3) is 0 Å². The first-order valence-corrected chi connectivity index (χ1v) is 8.06. The van der Waals surface area contributed by atoms with Gasteiger partial charge in [0.05, 0.1) is 14.2 Å². The fraction of sp³-hybridized carbons (Fsp3) is 0.412. The van der Waals surface area contributed by atoms with Crippen molar-refractivity contribution in [3.05, 3.63) is 45.1 Å². The summed E-state index contributed by atoms with van der Waals surface area (Å²) in [6.07, 6.45) is 4.16. The minimum absolute atomic E-state index is 0.638. The second kappa shape index (κ2) is 6.08. The average Bonchev–Trinajstić information content (AvgIpc) is 2.97. The SMILES string of the molecule is COc1ccc(C(O)c2cc3c(s2)CCCC3)c(OC)c1. The third kappa shape index (κ3) is 2.78. The third-order valence-corrected chi connectivity index (χ3v) is 5.31. The van der Waals surface area contributed by atoms with Crippen LogP contribution in [0.3, 0.4) is 0 Å². The molecule has 1 heterocycles. The van der Waals surface area contributed by atoms with Gasteiger partial charge in [-0.1, -0.05) is 0 Å². The van der Waals surface area contributed by atoms with Gasteiger partial charge in [0.25, 0.3) is 0 Å². The molecule has 4 heteroatoms. The number of fused-ring (bicyclic) bond motifs is 1. The molecular weight excluding hydrogens is 284 g/mol. The Morgan fingerprint density at radius 3 is 2.62 bits per heavy atom. The number of aliphatic hydroxyl groups excluding tert-OH is 1. The summed E-state index contributed by atoms with van der Waals surface area (Å²) in [7, 11) is 3.24. The molecule has 0 saturated heterocycles. The maximum absolute atomic E-state index is 10.7. The number of benzene rings is 1. The van der Waals surface area contributed by atoms with Crippen molar-refractivity contribution in [3.8, 4) is 11.5 Å². The quantitative estimate of drug-likeness (QED) is 0.935. The van der Waals surface area contributed by atoms with E-state index in [1.54, 1.807) is 25.6 Å². The third-order valence-electron chi connectivity index (χ3n) is 4.02. The van der Waals surface area contributed by atoms with E-state index in [4.69, 9.17) is 9.47 Å². The summed E-state index contributed by atoms with van der Waals surface area (Å²) in [6.45, 7) is 0. The molecule has 112 valence electrons. The Labute approximate surface area is 129 Å². The van der Waals surface area contributed by atoms with E-state index in [-0.39, 0.29) is 0 Å².